The number of halogens is 3. The summed E-state index contributed by atoms with van der Waals surface area (Å²) in [6.45, 7) is 1.05. The highest BCUT2D eigenvalue weighted by Crippen LogP contribution is 2.46. The number of carbonyl (C=O) groups is 2. The molecule has 2 aromatic heterocycles. The second kappa shape index (κ2) is 11.6. The zero-order chi connectivity index (χ0) is 33.0. The number of piperidine rings is 1. The number of pyridine rings is 1. The van der Waals surface area contributed by atoms with Crippen LogP contribution in [0.25, 0.3) is 22.4 Å². The number of nitrogens with zero attached hydrogens (tertiary/aromatic N) is 3. The number of H-pyrrole nitrogens is 2. The monoisotopic (exact) mass is 654 g/mol. The van der Waals surface area contributed by atoms with E-state index in [1.807, 2.05) is 7.05 Å². The average molecular weight is 655 g/mol. The third-order valence-electron chi connectivity index (χ3n) is 8.41. The van der Waals surface area contributed by atoms with Crippen molar-refractivity contribution in [2.45, 2.75) is 37.5 Å². The number of aromatic nitrogens is 3. The molecule has 16 heteroatoms. The lowest BCUT2D eigenvalue weighted by Gasteiger charge is -2.33. The highest BCUT2D eigenvalue weighted by molar-refractivity contribution is 6.23. The van der Waals surface area contributed by atoms with Crippen molar-refractivity contribution in [3.05, 3.63) is 64.1 Å². The van der Waals surface area contributed by atoms with Crippen LogP contribution in [0.5, 0.6) is 17.2 Å². The van der Waals surface area contributed by atoms with Gasteiger partial charge in [-0.05, 0) is 63.3 Å². The number of anilines is 1. The highest BCUT2D eigenvalue weighted by Gasteiger charge is 2.50. The Balaban J connectivity index is 1.06. The summed E-state index contributed by atoms with van der Waals surface area (Å²) < 4.78 is 55.5. The molecule has 0 aliphatic carbocycles. The molecule has 0 spiro atoms. The minimum atomic E-state index is -4.22. The van der Waals surface area contributed by atoms with Gasteiger partial charge in [-0.1, -0.05) is 6.07 Å². The van der Waals surface area contributed by atoms with Crippen LogP contribution in [-0.2, 0) is 0 Å². The molecule has 0 saturated carbocycles. The van der Waals surface area contributed by atoms with Gasteiger partial charge in [0, 0.05) is 18.8 Å². The topological polar surface area (TPSA) is 162 Å². The summed E-state index contributed by atoms with van der Waals surface area (Å²) in [5.41, 5.74) is 1.26. The number of rotatable bonds is 8. The van der Waals surface area contributed by atoms with Crippen molar-refractivity contribution in [1.82, 2.24) is 24.8 Å². The van der Waals surface area contributed by atoms with Crippen LogP contribution in [-0.4, -0.2) is 99.6 Å². The number of nitrogens with one attached hydrogen (secondary N) is 3. The van der Waals surface area contributed by atoms with E-state index < -0.39 is 29.9 Å². The summed E-state index contributed by atoms with van der Waals surface area (Å²) in [6.07, 6.45) is -5.62. The van der Waals surface area contributed by atoms with Gasteiger partial charge in [0.25, 0.3) is 17.4 Å². The first-order valence-corrected chi connectivity index (χ1v) is 14.9. The Kier molecular flexibility index (Phi) is 7.55. The third kappa shape index (κ3) is 5.52. The molecule has 13 nitrogen and oxygen atoms in total. The van der Waals surface area contributed by atoms with E-state index in [4.69, 9.17) is 4.74 Å². The fourth-order valence-corrected chi connectivity index (χ4v) is 5.96. The number of amides is 2. The molecule has 0 radical (unpaired) electrons. The van der Waals surface area contributed by atoms with Crippen molar-refractivity contribution < 1.29 is 42.1 Å². The Morgan fingerprint density at radius 2 is 1.89 bits per heavy atom. The van der Waals surface area contributed by atoms with Crippen LogP contribution in [0.3, 0.4) is 0 Å². The van der Waals surface area contributed by atoms with Crippen molar-refractivity contribution in [2.75, 3.05) is 38.6 Å². The lowest BCUT2D eigenvalue weighted by molar-refractivity contribution is -0.282. The quantitative estimate of drug-likeness (QED) is 0.208. The van der Waals surface area contributed by atoms with Gasteiger partial charge in [0.15, 0.2) is 11.5 Å². The number of aliphatic hydroxyl groups excluding tert-OH is 1. The molecule has 4 aromatic rings. The number of benzene rings is 2. The zero-order valence-corrected chi connectivity index (χ0v) is 24.9. The average Bonchev–Trinajstić information content (AvgIpc) is 3.56. The van der Waals surface area contributed by atoms with E-state index in [2.05, 4.69) is 34.6 Å². The number of likely N-dealkylation sites (tertiary alicyclic amines) is 1. The summed E-state index contributed by atoms with van der Waals surface area (Å²) in [6, 6.07) is 8.43. The molecule has 2 aromatic carbocycles. The van der Waals surface area contributed by atoms with Crippen LogP contribution in [0.2, 0.25) is 0 Å². The Morgan fingerprint density at radius 3 is 2.66 bits per heavy atom. The number of hydrogen-bond donors (Lipinski definition) is 4. The van der Waals surface area contributed by atoms with E-state index in [-0.39, 0.29) is 65.0 Å². The first-order chi connectivity index (χ1) is 22.5. The predicted octanol–water partition coefficient (Wildman–Crippen LogP) is 3.12. The molecule has 47 heavy (non-hydrogen) atoms. The summed E-state index contributed by atoms with van der Waals surface area (Å²) in [7, 11) is 2.00. The summed E-state index contributed by atoms with van der Waals surface area (Å²) in [5.74, 6) is -1.53. The van der Waals surface area contributed by atoms with E-state index in [0.717, 1.165) is 13.1 Å². The molecular formula is C31H29F3N6O7. The van der Waals surface area contributed by atoms with Gasteiger partial charge in [0.2, 0.25) is 5.75 Å². The van der Waals surface area contributed by atoms with Crippen LogP contribution in [0.4, 0.5) is 18.9 Å². The number of hydrogen-bond acceptors (Lipinski definition) is 10. The van der Waals surface area contributed by atoms with Gasteiger partial charge in [0.05, 0.1) is 27.8 Å². The number of alkyl halides is 3. The Bertz CT molecular complexity index is 1890. The number of fused-ring (bicyclic) bond motifs is 3. The van der Waals surface area contributed by atoms with E-state index in [1.165, 1.54) is 29.3 Å². The molecule has 1 fully saturated rings. The molecule has 2 atom stereocenters. The molecule has 1 unspecified atom stereocenters. The van der Waals surface area contributed by atoms with Crippen molar-refractivity contribution in [3.63, 3.8) is 0 Å². The normalized spacial score (nSPS) is 20.0. The van der Waals surface area contributed by atoms with Crippen LogP contribution in [0, 0.1) is 0 Å². The second-order valence-corrected chi connectivity index (χ2v) is 11.6. The Hall–Kier alpha value is -5.09. The molecule has 7 rings (SSSR count). The van der Waals surface area contributed by atoms with Gasteiger partial charge < -0.3 is 39.5 Å². The van der Waals surface area contributed by atoms with Crippen LogP contribution in [0.15, 0.2) is 47.4 Å². The predicted molar refractivity (Wildman–Crippen MR) is 161 cm³/mol. The smallest absolute Gasteiger partial charge is 0.468 e. The van der Waals surface area contributed by atoms with Crippen molar-refractivity contribution in [3.8, 4) is 28.6 Å². The first-order valence-electron chi connectivity index (χ1n) is 14.9. The second-order valence-electron chi connectivity index (χ2n) is 11.6. The van der Waals surface area contributed by atoms with Crippen LogP contribution in [0.1, 0.15) is 33.6 Å². The summed E-state index contributed by atoms with van der Waals surface area (Å²) in [5, 5.41) is 13.6. The number of imidazole rings is 1. The first kappa shape index (κ1) is 30.6. The number of carbonyl (C=O) groups excluding carboxylic acids is 2. The molecule has 246 valence electrons. The molecule has 3 aliphatic heterocycles. The van der Waals surface area contributed by atoms with Crippen molar-refractivity contribution >= 4 is 28.5 Å². The van der Waals surface area contributed by atoms with Gasteiger partial charge in [0.1, 0.15) is 24.1 Å². The minimum Gasteiger partial charge on any atom is -0.487 e. The van der Waals surface area contributed by atoms with Crippen LogP contribution >= 0.6 is 0 Å². The van der Waals surface area contributed by atoms with E-state index in [0.29, 0.717) is 29.6 Å². The molecule has 4 N–H and O–H groups in total. The maximum absolute atomic E-state index is 13.7. The number of aliphatic hydroxyl groups is 1. The van der Waals surface area contributed by atoms with Gasteiger partial charge in [-0.15, -0.1) is 0 Å². The van der Waals surface area contributed by atoms with E-state index in [9.17, 15) is 32.7 Å². The fraction of sp³-hybridized carbons (Fsp3) is 0.355. The molecule has 0 bridgehead atoms. The maximum atomic E-state index is 13.7. The van der Waals surface area contributed by atoms with E-state index in [1.54, 1.807) is 18.2 Å². The van der Waals surface area contributed by atoms with Gasteiger partial charge in [-0.3, -0.25) is 19.3 Å². The molecule has 1 saturated heterocycles. The lowest BCUT2D eigenvalue weighted by atomic mass is 10.0. The number of aromatic amines is 2. The Labute approximate surface area is 264 Å². The standard InChI is InChI=1S/C31H29F3N6O7/c1-39-9-6-15(7-10-39)40-28(43)17-11-20-21(12-18(17)29(40)44)38-26(37-20)24-19(5-8-35-27(24)42)36-13-16(41)14-45-22-3-2-4-23-25(22)47-31(33,34)30(32)46-23/h2-5,8,11-12,15-16,30,41H,6-7,9-10,13-14H2,1H3,(H,37,38)(H2,35,36,42)/t16-,30?/m1/s1. The van der Waals surface area contributed by atoms with Gasteiger partial charge in [-0.25, -0.2) is 4.98 Å². The Morgan fingerprint density at radius 1 is 1.15 bits per heavy atom. The molecule has 5 heterocycles. The van der Waals surface area contributed by atoms with Gasteiger partial charge >= 0.3 is 12.5 Å². The third-order valence-corrected chi connectivity index (χ3v) is 8.41. The maximum Gasteiger partial charge on any atom is 0.468 e. The zero-order valence-electron chi connectivity index (χ0n) is 24.9. The molecule has 2 amide bonds. The minimum absolute atomic E-state index is 0.105. The van der Waals surface area contributed by atoms with Gasteiger partial charge in [-0.2, -0.15) is 13.2 Å². The number of para-hydroxylation sites is 1. The van der Waals surface area contributed by atoms with Crippen molar-refractivity contribution in [2.24, 2.45) is 0 Å². The SMILES string of the molecule is CN1CCC(N2C(=O)c3cc4nc(-c5c(NC[C@@H](O)COc6cccc7c6OC(F)(F)C(F)O7)cc[nH]c5=O)[nH]c4cc3C2=O)CC1. The summed E-state index contributed by atoms with van der Waals surface area (Å²) >= 11 is 0. The largest absolute Gasteiger partial charge is 0.487 e. The summed E-state index contributed by atoms with van der Waals surface area (Å²) in [4.78, 5) is 53.3. The molecular weight excluding hydrogens is 625 g/mol. The van der Waals surface area contributed by atoms with Crippen LogP contribution < -0.4 is 25.1 Å². The lowest BCUT2D eigenvalue weighted by Crippen LogP contribution is -2.46. The molecule has 3 aliphatic rings. The number of imide groups is 1. The fourth-order valence-electron chi connectivity index (χ4n) is 5.96. The highest BCUT2D eigenvalue weighted by atomic mass is 19.3. The van der Waals surface area contributed by atoms with E-state index >= 15 is 0 Å². The number of ether oxygens (including phenoxy) is 3. The van der Waals surface area contributed by atoms with Crippen molar-refractivity contribution in [1.29, 1.82) is 0 Å².